The van der Waals surface area contributed by atoms with Gasteiger partial charge in [0.05, 0.1) is 7.11 Å². The summed E-state index contributed by atoms with van der Waals surface area (Å²) < 4.78 is 12.8. The Balaban J connectivity index is 1.98. The highest BCUT2D eigenvalue weighted by Crippen LogP contribution is 2.44. The van der Waals surface area contributed by atoms with E-state index >= 15 is 0 Å². The monoisotopic (exact) mass is 428 g/mol. The van der Waals surface area contributed by atoms with Crippen molar-refractivity contribution in [3.63, 3.8) is 0 Å². The molecule has 0 atom stereocenters. The Bertz CT molecular complexity index is 697. The van der Waals surface area contributed by atoms with E-state index in [2.05, 4.69) is 58.1 Å². The fourth-order valence-electron chi connectivity index (χ4n) is 5.08. The van der Waals surface area contributed by atoms with Crippen LogP contribution in [-0.2, 0) is 4.74 Å². The van der Waals surface area contributed by atoms with Crippen LogP contribution < -0.4 is 4.43 Å². The number of hydrogen-bond donors (Lipinski definition) is 0. The predicted molar refractivity (Wildman–Crippen MR) is 131 cm³/mol. The van der Waals surface area contributed by atoms with Crippen LogP contribution in [0.4, 0.5) is 0 Å². The molecule has 168 valence electrons. The lowest BCUT2D eigenvalue weighted by atomic mass is 9.72. The van der Waals surface area contributed by atoms with Gasteiger partial charge in [0.1, 0.15) is 11.5 Å². The molecule has 3 rings (SSSR count). The van der Waals surface area contributed by atoms with E-state index in [-0.39, 0.29) is 5.04 Å². The topological polar surface area (TPSA) is 18.5 Å². The van der Waals surface area contributed by atoms with Crippen LogP contribution in [0.2, 0.25) is 18.1 Å². The van der Waals surface area contributed by atoms with E-state index in [0.717, 1.165) is 11.5 Å². The van der Waals surface area contributed by atoms with Crippen LogP contribution in [-0.4, -0.2) is 15.4 Å². The molecule has 0 radical (unpaired) electrons. The summed E-state index contributed by atoms with van der Waals surface area (Å²) in [7, 11) is 0.0152. The van der Waals surface area contributed by atoms with Gasteiger partial charge in [-0.3, -0.25) is 0 Å². The average molecular weight is 429 g/mol. The molecule has 1 aromatic rings. The van der Waals surface area contributed by atoms with Crippen LogP contribution in [0.5, 0.6) is 5.75 Å². The standard InChI is InChI=1S/C27H44O2Si/c1-27(2,3)30(5,6)29-24-19-13-18-23(20-24)26(28-4)25(21-14-9-7-10-15-21)22-16-11-8-12-17-22/h13,18-22H,7-12,14-17H2,1-6H3. The molecule has 3 heteroatoms. The number of ether oxygens (including phenoxy) is 1. The Labute approximate surface area is 186 Å². The second-order valence-electron chi connectivity index (χ2n) is 11.0. The van der Waals surface area contributed by atoms with Gasteiger partial charge in [-0.25, -0.2) is 0 Å². The highest BCUT2D eigenvalue weighted by Gasteiger charge is 2.39. The van der Waals surface area contributed by atoms with Gasteiger partial charge in [0, 0.05) is 5.56 Å². The van der Waals surface area contributed by atoms with Gasteiger partial charge in [0.15, 0.2) is 0 Å². The number of methoxy groups -OCH3 is 1. The zero-order chi connectivity index (χ0) is 21.8. The third kappa shape index (κ3) is 5.52. The van der Waals surface area contributed by atoms with E-state index in [0.29, 0.717) is 11.8 Å². The predicted octanol–water partition coefficient (Wildman–Crippen LogP) is 8.59. The Kier molecular flexibility index (Phi) is 7.76. The summed E-state index contributed by atoms with van der Waals surface area (Å²) >= 11 is 0. The van der Waals surface area contributed by atoms with Gasteiger partial charge in [-0.2, -0.15) is 0 Å². The average Bonchev–Trinajstić information content (AvgIpc) is 2.72. The first kappa shape index (κ1) is 23.4. The van der Waals surface area contributed by atoms with Crippen molar-refractivity contribution in [1.82, 2.24) is 0 Å². The fourth-order valence-corrected chi connectivity index (χ4v) is 6.10. The molecule has 2 aliphatic carbocycles. The van der Waals surface area contributed by atoms with Crippen LogP contribution in [0.15, 0.2) is 29.8 Å². The van der Waals surface area contributed by atoms with Crippen molar-refractivity contribution < 1.29 is 9.16 Å². The van der Waals surface area contributed by atoms with Crippen LogP contribution in [0, 0.1) is 11.8 Å². The van der Waals surface area contributed by atoms with Gasteiger partial charge < -0.3 is 9.16 Å². The van der Waals surface area contributed by atoms with Crippen molar-refractivity contribution in [1.29, 1.82) is 0 Å². The molecule has 0 heterocycles. The minimum Gasteiger partial charge on any atom is -0.543 e. The summed E-state index contributed by atoms with van der Waals surface area (Å²) in [6.07, 6.45) is 13.6. The molecule has 0 unspecified atom stereocenters. The van der Waals surface area contributed by atoms with Gasteiger partial charge in [-0.1, -0.05) is 71.4 Å². The lowest BCUT2D eigenvalue weighted by molar-refractivity contribution is 0.300. The molecular formula is C27H44O2Si. The summed E-state index contributed by atoms with van der Waals surface area (Å²) in [5.74, 6) is 3.54. The van der Waals surface area contributed by atoms with E-state index in [9.17, 15) is 0 Å². The highest BCUT2D eigenvalue weighted by atomic mass is 28.4. The van der Waals surface area contributed by atoms with Crippen LogP contribution in [0.1, 0.15) is 90.5 Å². The highest BCUT2D eigenvalue weighted by molar-refractivity contribution is 6.74. The molecule has 1 aromatic carbocycles. The molecule has 0 N–H and O–H groups in total. The second kappa shape index (κ2) is 9.93. The van der Waals surface area contributed by atoms with Crippen LogP contribution in [0.25, 0.3) is 5.76 Å². The van der Waals surface area contributed by atoms with Gasteiger partial charge in [0.25, 0.3) is 0 Å². The van der Waals surface area contributed by atoms with Gasteiger partial charge in [0.2, 0.25) is 8.32 Å². The van der Waals surface area contributed by atoms with Crippen molar-refractivity contribution in [3.05, 3.63) is 35.4 Å². The molecule has 0 aliphatic heterocycles. The van der Waals surface area contributed by atoms with E-state index in [4.69, 9.17) is 9.16 Å². The summed E-state index contributed by atoms with van der Waals surface area (Å²) in [5, 5.41) is 0.193. The van der Waals surface area contributed by atoms with E-state index in [1.807, 2.05) is 7.11 Å². The van der Waals surface area contributed by atoms with Crippen molar-refractivity contribution in [3.8, 4) is 5.75 Å². The normalized spacial score (nSPS) is 19.4. The number of allylic oxidation sites excluding steroid dienone is 1. The molecule has 2 saturated carbocycles. The number of hydrogen-bond acceptors (Lipinski definition) is 2. The summed E-state index contributed by atoms with van der Waals surface area (Å²) in [6.45, 7) is 11.5. The number of rotatable bonds is 6. The lowest BCUT2D eigenvalue weighted by Gasteiger charge is -2.36. The quantitative estimate of drug-likeness (QED) is 0.333. The van der Waals surface area contributed by atoms with Gasteiger partial charge in [-0.15, -0.1) is 0 Å². The maximum atomic E-state index is 6.63. The first-order valence-corrected chi connectivity index (χ1v) is 15.2. The lowest BCUT2D eigenvalue weighted by Crippen LogP contribution is -2.43. The van der Waals surface area contributed by atoms with Crippen molar-refractivity contribution in [2.75, 3.05) is 7.11 Å². The van der Waals surface area contributed by atoms with Gasteiger partial charge in [-0.05, 0) is 73.4 Å². The van der Waals surface area contributed by atoms with Crippen molar-refractivity contribution >= 4 is 14.1 Å². The molecule has 0 saturated heterocycles. The summed E-state index contributed by atoms with van der Waals surface area (Å²) in [6, 6.07) is 8.74. The number of benzene rings is 1. The smallest absolute Gasteiger partial charge is 0.250 e. The van der Waals surface area contributed by atoms with Gasteiger partial charge >= 0.3 is 0 Å². The molecule has 30 heavy (non-hydrogen) atoms. The Morgan fingerprint density at radius 1 is 0.867 bits per heavy atom. The van der Waals surface area contributed by atoms with Crippen molar-refractivity contribution in [2.24, 2.45) is 11.8 Å². The molecule has 0 aromatic heterocycles. The third-order valence-electron chi connectivity index (χ3n) is 7.83. The maximum Gasteiger partial charge on any atom is 0.250 e. The zero-order valence-electron chi connectivity index (χ0n) is 20.4. The molecule has 0 bridgehead atoms. The molecule has 0 spiro atoms. The van der Waals surface area contributed by atoms with Crippen LogP contribution >= 0.6 is 0 Å². The van der Waals surface area contributed by atoms with E-state index < -0.39 is 8.32 Å². The minimum absolute atomic E-state index is 0.193. The molecular weight excluding hydrogens is 384 g/mol. The molecule has 2 nitrogen and oxygen atoms in total. The largest absolute Gasteiger partial charge is 0.543 e. The first-order valence-electron chi connectivity index (χ1n) is 12.3. The molecule has 2 aliphatic rings. The first-order chi connectivity index (χ1) is 14.2. The third-order valence-corrected chi connectivity index (χ3v) is 12.2. The Morgan fingerprint density at radius 2 is 1.40 bits per heavy atom. The SMILES string of the molecule is COC(=C(C1CCCCC1)C1CCCCC1)c1cccc(O[Si](C)(C)C(C)(C)C)c1. The Hall–Kier alpha value is -1.22. The van der Waals surface area contributed by atoms with E-state index in [1.165, 1.54) is 69.8 Å². The van der Waals surface area contributed by atoms with Crippen molar-refractivity contribution in [2.45, 2.75) is 103 Å². The second-order valence-corrected chi connectivity index (χ2v) is 15.8. The zero-order valence-corrected chi connectivity index (χ0v) is 21.4. The van der Waals surface area contributed by atoms with Crippen LogP contribution in [0.3, 0.4) is 0 Å². The fraction of sp³-hybridized carbons (Fsp3) is 0.704. The summed E-state index contributed by atoms with van der Waals surface area (Å²) in [5.41, 5.74) is 2.83. The molecule has 2 fully saturated rings. The minimum atomic E-state index is -1.86. The maximum absolute atomic E-state index is 6.63. The van der Waals surface area contributed by atoms with E-state index in [1.54, 1.807) is 5.57 Å². The molecule has 0 amide bonds. The summed E-state index contributed by atoms with van der Waals surface area (Å²) in [4.78, 5) is 0. The Morgan fingerprint density at radius 3 is 1.87 bits per heavy atom.